The molecule has 19 heavy (non-hydrogen) atoms. The van der Waals surface area contributed by atoms with Gasteiger partial charge >= 0.3 is 0 Å². The molecule has 0 radical (unpaired) electrons. The molecule has 1 aromatic carbocycles. The summed E-state index contributed by atoms with van der Waals surface area (Å²) in [5.74, 6) is 4.35. The molecule has 102 valence electrons. The van der Waals surface area contributed by atoms with E-state index in [-0.39, 0.29) is 12.1 Å². The minimum atomic E-state index is 0.0487. The zero-order chi connectivity index (χ0) is 13.5. The third-order valence-corrected chi connectivity index (χ3v) is 3.28. The van der Waals surface area contributed by atoms with Crippen LogP contribution in [0.25, 0.3) is 0 Å². The van der Waals surface area contributed by atoms with E-state index in [9.17, 15) is 0 Å². The predicted octanol–water partition coefficient (Wildman–Crippen LogP) is 2.61. The Morgan fingerprint density at radius 2 is 2.21 bits per heavy atom. The molecule has 0 saturated carbocycles. The van der Waals surface area contributed by atoms with E-state index >= 15 is 0 Å². The monoisotopic (exact) mass is 259 g/mol. The van der Waals surface area contributed by atoms with E-state index in [0.717, 1.165) is 37.3 Å². The summed E-state index contributed by atoms with van der Waals surface area (Å²) in [5, 5.41) is 3.47. The second-order valence-electron chi connectivity index (χ2n) is 4.67. The Balaban J connectivity index is 1.97. The van der Waals surface area contributed by atoms with Crippen LogP contribution in [0.3, 0.4) is 0 Å². The van der Waals surface area contributed by atoms with Gasteiger partial charge in [-0.25, -0.2) is 0 Å². The van der Waals surface area contributed by atoms with E-state index in [4.69, 9.17) is 15.9 Å². The summed E-state index contributed by atoms with van der Waals surface area (Å²) in [6.45, 7) is 3.61. The van der Waals surface area contributed by atoms with Gasteiger partial charge in [0.25, 0.3) is 0 Å². The lowest BCUT2D eigenvalue weighted by molar-refractivity contribution is 0.0595. The van der Waals surface area contributed by atoms with Crippen molar-refractivity contribution in [3.05, 3.63) is 24.3 Å². The minimum absolute atomic E-state index is 0.0487. The van der Waals surface area contributed by atoms with Gasteiger partial charge in [-0.15, -0.1) is 12.3 Å². The first-order chi connectivity index (χ1) is 9.35. The quantitative estimate of drug-likeness (QED) is 0.629. The molecule has 1 aliphatic rings. The van der Waals surface area contributed by atoms with Crippen molar-refractivity contribution < 1.29 is 9.47 Å². The Morgan fingerprint density at radius 1 is 1.42 bits per heavy atom. The number of nitrogens with one attached hydrogen (secondary N) is 1. The molecule has 2 unspecified atom stereocenters. The topological polar surface area (TPSA) is 30.5 Å². The summed E-state index contributed by atoms with van der Waals surface area (Å²) in [4.78, 5) is 0. The third kappa shape index (κ3) is 3.65. The molecule has 0 amide bonds. The molecular weight excluding hydrogens is 238 g/mol. The fraction of sp³-hybridized carbons (Fsp3) is 0.500. The molecule has 3 heteroatoms. The number of ether oxygens (including phenoxy) is 2. The summed E-state index contributed by atoms with van der Waals surface area (Å²) in [7, 11) is 0. The van der Waals surface area contributed by atoms with Crippen molar-refractivity contribution in [2.75, 3.05) is 13.2 Å². The lowest BCUT2D eigenvalue weighted by atomic mass is 10.0. The molecule has 0 aromatic heterocycles. The Kier molecular flexibility index (Phi) is 5.11. The molecule has 1 N–H and O–H groups in total. The highest BCUT2D eigenvalue weighted by Crippen LogP contribution is 2.32. The minimum Gasteiger partial charge on any atom is -0.486 e. The van der Waals surface area contributed by atoms with Crippen LogP contribution in [0.5, 0.6) is 11.5 Å². The van der Waals surface area contributed by atoms with Crippen LogP contribution in [0.15, 0.2) is 24.3 Å². The molecule has 0 aliphatic carbocycles. The van der Waals surface area contributed by atoms with Gasteiger partial charge in [-0.2, -0.15) is 0 Å². The molecule has 1 aliphatic heterocycles. The van der Waals surface area contributed by atoms with Crippen molar-refractivity contribution in [3.8, 4) is 23.8 Å². The Bertz CT molecular complexity index is 439. The van der Waals surface area contributed by atoms with Crippen molar-refractivity contribution in [3.63, 3.8) is 0 Å². The number of unbranched alkanes of at least 4 members (excludes halogenated alkanes) is 1. The number of rotatable bonds is 6. The number of benzene rings is 1. The van der Waals surface area contributed by atoms with Crippen molar-refractivity contribution in [1.82, 2.24) is 5.32 Å². The number of fused-ring (bicyclic) bond motifs is 1. The van der Waals surface area contributed by atoms with Crippen LogP contribution in [-0.4, -0.2) is 25.3 Å². The van der Waals surface area contributed by atoms with Crippen LogP contribution < -0.4 is 14.8 Å². The normalized spacial score (nSPS) is 18.6. The highest BCUT2D eigenvalue weighted by atomic mass is 16.6. The zero-order valence-corrected chi connectivity index (χ0v) is 11.4. The highest BCUT2D eigenvalue weighted by Gasteiger charge is 2.27. The molecule has 2 atom stereocenters. The molecular formula is C16H21NO2. The van der Waals surface area contributed by atoms with E-state index in [0.29, 0.717) is 6.61 Å². The summed E-state index contributed by atoms with van der Waals surface area (Å²) in [5.41, 5.74) is 0. The number of hydrogen-bond donors (Lipinski definition) is 1. The van der Waals surface area contributed by atoms with Gasteiger partial charge in [-0.3, -0.25) is 0 Å². The van der Waals surface area contributed by atoms with Gasteiger partial charge in [0.1, 0.15) is 12.7 Å². The van der Waals surface area contributed by atoms with Gasteiger partial charge in [0, 0.05) is 12.5 Å². The molecule has 2 rings (SSSR count). The van der Waals surface area contributed by atoms with Crippen LogP contribution in [0.1, 0.15) is 26.2 Å². The lowest BCUT2D eigenvalue weighted by Gasteiger charge is -2.32. The van der Waals surface area contributed by atoms with Crippen molar-refractivity contribution in [2.45, 2.75) is 38.3 Å². The van der Waals surface area contributed by atoms with Crippen LogP contribution in [0, 0.1) is 12.3 Å². The second kappa shape index (κ2) is 7.06. The van der Waals surface area contributed by atoms with Crippen molar-refractivity contribution in [1.29, 1.82) is 0 Å². The molecule has 0 saturated heterocycles. The maximum atomic E-state index is 6.04. The lowest BCUT2D eigenvalue weighted by Crippen LogP contribution is -2.47. The Labute approximate surface area is 115 Å². The van der Waals surface area contributed by atoms with E-state index in [1.54, 1.807) is 0 Å². The van der Waals surface area contributed by atoms with Gasteiger partial charge in [0.05, 0.1) is 0 Å². The first-order valence-corrected chi connectivity index (χ1v) is 6.90. The van der Waals surface area contributed by atoms with Crippen molar-refractivity contribution >= 4 is 0 Å². The average molecular weight is 259 g/mol. The summed E-state index contributed by atoms with van der Waals surface area (Å²) < 4.78 is 11.8. The molecule has 0 spiro atoms. The SMILES string of the molecule is C#CCCCC(NCC)C1COc2ccccc2O1. The zero-order valence-electron chi connectivity index (χ0n) is 11.4. The number of likely N-dealkylation sites (N-methyl/N-ethyl adjacent to an activating group) is 1. The smallest absolute Gasteiger partial charge is 0.161 e. The van der Waals surface area contributed by atoms with E-state index in [1.165, 1.54) is 0 Å². The number of terminal acetylenes is 1. The molecule has 0 fully saturated rings. The first-order valence-electron chi connectivity index (χ1n) is 6.90. The molecule has 1 aromatic rings. The fourth-order valence-corrected chi connectivity index (χ4v) is 2.34. The fourth-order valence-electron chi connectivity index (χ4n) is 2.34. The van der Waals surface area contributed by atoms with E-state index in [2.05, 4.69) is 18.2 Å². The average Bonchev–Trinajstić information content (AvgIpc) is 2.46. The maximum absolute atomic E-state index is 6.04. The highest BCUT2D eigenvalue weighted by molar-refractivity contribution is 5.40. The van der Waals surface area contributed by atoms with Gasteiger partial charge in [-0.1, -0.05) is 19.1 Å². The number of para-hydroxylation sites is 2. The Hall–Kier alpha value is -1.66. The molecule has 0 bridgehead atoms. The summed E-state index contributed by atoms with van der Waals surface area (Å²) in [6.07, 6.45) is 8.18. The standard InChI is InChI=1S/C16H21NO2/c1-3-5-6-9-13(17-4-2)16-12-18-14-10-7-8-11-15(14)19-16/h1,7-8,10-11,13,16-17H,4-6,9,12H2,2H3. The van der Waals surface area contributed by atoms with Crippen molar-refractivity contribution in [2.24, 2.45) is 0 Å². The van der Waals surface area contributed by atoms with Crippen LogP contribution in [0.2, 0.25) is 0 Å². The summed E-state index contributed by atoms with van der Waals surface area (Å²) >= 11 is 0. The number of hydrogen-bond acceptors (Lipinski definition) is 3. The van der Waals surface area contributed by atoms with Crippen LogP contribution in [-0.2, 0) is 0 Å². The van der Waals surface area contributed by atoms with Gasteiger partial charge < -0.3 is 14.8 Å². The van der Waals surface area contributed by atoms with Gasteiger partial charge in [0.2, 0.25) is 0 Å². The third-order valence-electron chi connectivity index (χ3n) is 3.28. The summed E-state index contributed by atoms with van der Waals surface area (Å²) in [6, 6.07) is 8.09. The second-order valence-corrected chi connectivity index (χ2v) is 4.67. The Morgan fingerprint density at radius 3 is 2.95 bits per heavy atom. The molecule has 1 heterocycles. The predicted molar refractivity (Wildman–Crippen MR) is 76.5 cm³/mol. The van der Waals surface area contributed by atoms with Crippen LogP contribution >= 0.6 is 0 Å². The van der Waals surface area contributed by atoms with E-state index < -0.39 is 0 Å². The maximum Gasteiger partial charge on any atom is 0.161 e. The van der Waals surface area contributed by atoms with E-state index in [1.807, 2.05) is 24.3 Å². The first kappa shape index (κ1) is 13.8. The largest absolute Gasteiger partial charge is 0.486 e. The molecule has 3 nitrogen and oxygen atoms in total. The van der Waals surface area contributed by atoms with Crippen LogP contribution in [0.4, 0.5) is 0 Å². The van der Waals surface area contributed by atoms with Gasteiger partial charge in [-0.05, 0) is 31.5 Å². The van der Waals surface area contributed by atoms with Gasteiger partial charge in [0.15, 0.2) is 11.5 Å².